The highest BCUT2D eigenvalue weighted by molar-refractivity contribution is 7.89. The molecular formula is C14H15ClN2O3S. The molecule has 3 rings (SSSR count). The van der Waals surface area contributed by atoms with Crippen molar-refractivity contribution in [1.82, 2.24) is 9.29 Å². The van der Waals surface area contributed by atoms with Crippen LogP contribution in [0.5, 0.6) is 0 Å². The van der Waals surface area contributed by atoms with Gasteiger partial charge in [0.25, 0.3) is 0 Å². The van der Waals surface area contributed by atoms with Crippen molar-refractivity contribution < 1.29 is 13.5 Å². The third-order valence-electron chi connectivity index (χ3n) is 3.62. The van der Waals surface area contributed by atoms with Gasteiger partial charge >= 0.3 is 0 Å². The molecule has 2 aromatic rings. The molecule has 21 heavy (non-hydrogen) atoms. The van der Waals surface area contributed by atoms with Gasteiger partial charge in [0.15, 0.2) is 0 Å². The molecule has 0 amide bonds. The normalized spacial score (nSPS) is 20.8. The predicted octanol–water partition coefficient (Wildman–Crippen LogP) is 2.03. The first kappa shape index (κ1) is 14.7. The van der Waals surface area contributed by atoms with E-state index in [1.165, 1.54) is 10.4 Å². The van der Waals surface area contributed by atoms with Gasteiger partial charge in [-0.1, -0.05) is 11.6 Å². The van der Waals surface area contributed by atoms with E-state index in [0.29, 0.717) is 30.1 Å². The second-order valence-corrected chi connectivity index (χ2v) is 7.47. The Bertz CT molecular complexity index is 779. The molecule has 0 radical (unpaired) electrons. The number of fused-ring (bicyclic) bond motifs is 1. The first-order valence-electron chi connectivity index (χ1n) is 6.71. The van der Waals surface area contributed by atoms with Gasteiger partial charge in [0.05, 0.1) is 16.5 Å². The van der Waals surface area contributed by atoms with Crippen molar-refractivity contribution in [2.45, 2.75) is 23.8 Å². The van der Waals surface area contributed by atoms with E-state index in [2.05, 4.69) is 4.98 Å². The summed E-state index contributed by atoms with van der Waals surface area (Å²) in [5, 5.41) is 10.8. The molecule has 7 heteroatoms. The predicted molar refractivity (Wildman–Crippen MR) is 80.8 cm³/mol. The van der Waals surface area contributed by atoms with E-state index in [4.69, 9.17) is 11.6 Å². The molecule has 1 aliphatic heterocycles. The summed E-state index contributed by atoms with van der Waals surface area (Å²) in [6.07, 6.45) is 0.728. The SMILES string of the molecule is O=S(=O)(c1ccc2nc(Cl)ccc2c1)N1CCC[C@H](O)C1. The van der Waals surface area contributed by atoms with Crippen LogP contribution in [-0.4, -0.2) is 42.0 Å². The topological polar surface area (TPSA) is 70.5 Å². The van der Waals surface area contributed by atoms with Gasteiger partial charge < -0.3 is 5.11 Å². The summed E-state index contributed by atoms with van der Waals surface area (Å²) >= 11 is 5.82. The summed E-state index contributed by atoms with van der Waals surface area (Å²) in [5.41, 5.74) is 0.653. The lowest BCUT2D eigenvalue weighted by atomic mass is 10.1. The number of aliphatic hydroxyl groups is 1. The van der Waals surface area contributed by atoms with Gasteiger partial charge in [-0.05, 0) is 43.2 Å². The van der Waals surface area contributed by atoms with Crippen LogP contribution >= 0.6 is 11.6 Å². The number of halogens is 1. The lowest BCUT2D eigenvalue weighted by Gasteiger charge is -2.29. The number of hydrogen-bond acceptors (Lipinski definition) is 4. The zero-order chi connectivity index (χ0) is 15.0. The Labute approximate surface area is 128 Å². The molecule has 0 saturated carbocycles. The minimum absolute atomic E-state index is 0.152. The van der Waals surface area contributed by atoms with Crippen molar-refractivity contribution in [2.75, 3.05) is 13.1 Å². The second-order valence-electron chi connectivity index (χ2n) is 5.15. The summed E-state index contributed by atoms with van der Waals surface area (Å²) in [7, 11) is -3.58. The first-order chi connectivity index (χ1) is 9.96. The van der Waals surface area contributed by atoms with Crippen LogP contribution in [-0.2, 0) is 10.0 Å². The van der Waals surface area contributed by atoms with Crippen molar-refractivity contribution in [3.05, 3.63) is 35.5 Å². The minimum atomic E-state index is -3.58. The second kappa shape index (κ2) is 5.53. The van der Waals surface area contributed by atoms with Crippen molar-refractivity contribution in [3.63, 3.8) is 0 Å². The van der Waals surface area contributed by atoms with Crippen LogP contribution in [0.1, 0.15) is 12.8 Å². The molecule has 112 valence electrons. The van der Waals surface area contributed by atoms with Gasteiger partial charge in [0.1, 0.15) is 5.15 Å². The summed E-state index contributed by atoms with van der Waals surface area (Å²) in [6, 6.07) is 8.14. The summed E-state index contributed by atoms with van der Waals surface area (Å²) in [5.74, 6) is 0. The van der Waals surface area contributed by atoms with Crippen molar-refractivity contribution in [2.24, 2.45) is 0 Å². The van der Waals surface area contributed by atoms with E-state index < -0.39 is 16.1 Å². The Morgan fingerprint density at radius 3 is 2.86 bits per heavy atom. The monoisotopic (exact) mass is 326 g/mol. The molecule has 0 unspecified atom stereocenters. The Morgan fingerprint density at radius 1 is 1.29 bits per heavy atom. The maximum atomic E-state index is 12.6. The molecule has 2 heterocycles. The molecule has 0 spiro atoms. The molecule has 1 atom stereocenters. The Balaban J connectivity index is 2.00. The number of rotatable bonds is 2. The molecule has 1 fully saturated rings. The van der Waals surface area contributed by atoms with Crippen LogP contribution in [0.4, 0.5) is 0 Å². The average molecular weight is 327 g/mol. The van der Waals surface area contributed by atoms with Crippen LogP contribution < -0.4 is 0 Å². The number of benzene rings is 1. The lowest BCUT2D eigenvalue weighted by Crippen LogP contribution is -2.42. The van der Waals surface area contributed by atoms with Crippen LogP contribution in [0.2, 0.25) is 5.15 Å². The summed E-state index contributed by atoms with van der Waals surface area (Å²) < 4.78 is 26.6. The number of aromatic nitrogens is 1. The van der Waals surface area contributed by atoms with E-state index in [1.54, 1.807) is 24.3 Å². The molecule has 1 saturated heterocycles. The van der Waals surface area contributed by atoms with Crippen LogP contribution in [0.25, 0.3) is 10.9 Å². The number of β-amino-alcohol motifs (C(OH)–C–C–N with tert-alkyl or cyclic N) is 1. The molecule has 1 aromatic carbocycles. The van der Waals surface area contributed by atoms with Crippen molar-refractivity contribution in [3.8, 4) is 0 Å². The molecule has 1 N–H and O–H groups in total. The van der Waals surface area contributed by atoms with Gasteiger partial charge in [-0.3, -0.25) is 0 Å². The summed E-state index contributed by atoms with van der Waals surface area (Å²) in [4.78, 5) is 4.36. The van der Waals surface area contributed by atoms with Crippen LogP contribution in [0.3, 0.4) is 0 Å². The molecule has 0 aliphatic carbocycles. The molecule has 0 bridgehead atoms. The minimum Gasteiger partial charge on any atom is -0.392 e. The average Bonchev–Trinajstić information content (AvgIpc) is 2.46. The van der Waals surface area contributed by atoms with E-state index in [0.717, 1.165) is 5.39 Å². The highest BCUT2D eigenvalue weighted by Gasteiger charge is 2.29. The van der Waals surface area contributed by atoms with Gasteiger partial charge in [0, 0.05) is 18.5 Å². The standard InChI is InChI=1S/C14H15ClN2O3S/c15-14-6-3-10-8-12(4-5-13(10)16-14)21(19,20)17-7-1-2-11(18)9-17/h3-6,8,11,18H,1-2,7,9H2/t11-/m0/s1. The van der Waals surface area contributed by atoms with Crippen molar-refractivity contribution >= 4 is 32.5 Å². The maximum absolute atomic E-state index is 12.6. The number of hydrogen-bond donors (Lipinski definition) is 1. The van der Waals surface area contributed by atoms with Crippen LogP contribution in [0, 0.1) is 0 Å². The number of piperidine rings is 1. The fraction of sp³-hybridized carbons (Fsp3) is 0.357. The Kier molecular flexibility index (Phi) is 3.88. The first-order valence-corrected chi connectivity index (χ1v) is 8.53. The smallest absolute Gasteiger partial charge is 0.243 e. The number of nitrogens with zero attached hydrogens (tertiary/aromatic N) is 2. The zero-order valence-electron chi connectivity index (χ0n) is 11.2. The van der Waals surface area contributed by atoms with Crippen molar-refractivity contribution in [1.29, 1.82) is 0 Å². The van der Waals surface area contributed by atoms with Gasteiger partial charge in [-0.25, -0.2) is 13.4 Å². The maximum Gasteiger partial charge on any atom is 0.243 e. The third-order valence-corrected chi connectivity index (χ3v) is 5.70. The fourth-order valence-corrected chi connectivity index (χ4v) is 4.23. The van der Waals surface area contributed by atoms with E-state index in [-0.39, 0.29) is 11.4 Å². The van der Waals surface area contributed by atoms with Gasteiger partial charge in [-0.2, -0.15) is 4.31 Å². The highest BCUT2D eigenvalue weighted by atomic mass is 35.5. The lowest BCUT2D eigenvalue weighted by molar-refractivity contribution is 0.108. The number of aliphatic hydroxyl groups excluding tert-OH is 1. The Hall–Kier alpha value is -1.21. The number of sulfonamides is 1. The highest BCUT2D eigenvalue weighted by Crippen LogP contribution is 2.24. The largest absolute Gasteiger partial charge is 0.392 e. The van der Waals surface area contributed by atoms with Gasteiger partial charge in [-0.15, -0.1) is 0 Å². The van der Waals surface area contributed by atoms with E-state index in [9.17, 15) is 13.5 Å². The van der Waals surface area contributed by atoms with E-state index >= 15 is 0 Å². The quantitative estimate of drug-likeness (QED) is 0.857. The fourth-order valence-electron chi connectivity index (χ4n) is 2.53. The molecular weight excluding hydrogens is 312 g/mol. The third kappa shape index (κ3) is 2.89. The van der Waals surface area contributed by atoms with Crippen LogP contribution in [0.15, 0.2) is 35.2 Å². The molecule has 5 nitrogen and oxygen atoms in total. The molecule has 1 aromatic heterocycles. The number of pyridine rings is 1. The zero-order valence-corrected chi connectivity index (χ0v) is 12.8. The molecule has 1 aliphatic rings. The van der Waals surface area contributed by atoms with Gasteiger partial charge in [0.2, 0.25) is 10.0 Å². The Morgan fingerprint density at radius 2 is 2.10 bits per heavy atom. The summed E-state index contributed by atoms with van der Waals surface area (Å²) in [6.45, 7) is 0.593. The van der Waals surface area contributed by atoms with E-state index in [1.807, 2.05) is 0 Å².